The Labute approximate surface area is 184 Å². The number of benzene rings is 2. The smallest absolute Gasteiger partial charge is 0.163 e. The van der Waals surface area contributed by atoms with Crippen LogP contribution < -0.4 is 9.47 Å². The van der Waals surface area contributed by atoms with Gasteiger partial charge in [0.25, 0.3) is 0 Å². The van der Waals surface area contributed by atoms with Crippen molar-refractivity contribution in [2.75, 3.05) is 14.2 Å². The number of ether oxygens (including phenoxy) is 2. The Morgan fingerprint density at radius 2 is 1.65 bits per heavy atom. The molecule has 0 unspecified atom stereocenters. The van der Waals surface area contributed by atoms with Crippen LogP contribution in [0.2, 0.25) is 0 Å². The molecule has 2 aromatic carbocycles. The summed E-state index contributed by atoms with van der Waals surface area (Å²) in [6.07, 6.45) is 9.30. The van der Waals surface area contributed by atoms with Gasteiger partial charge < -0.3 is 9.47 Å². The quantitative estimate of drug-likeness (QED) is 0.406. The number of ketones is 1. The van der Waals surface area contributed by atoms with Gasteiger partial charge >= 0.3 is 0 Å². The molecule has 1 fully saturated rings. The number of carbonyl (C=O) groups is 1. The number of aryl methyl sites for hydroxylation is 1. The van der Waals surface area contributed by atoms with E-state index in [1.54, 1.807) is 20.4 Å². The number of hydrogen-bond acceptors (Lipinski definition) is 4. The maximum absolute atomic E-state index is 12.5. The molecule has 1 heterocycles. The number of hydrogen-bond donors (Lipinski definition) is 0. The van der Waals surface area contributed by atoms with Crippen LogP contribution in [0.4, 0.5) is 0 Å². The summed E-state index contributed by atoms with van der Waals surface area (Å²) in [6, 6.07) is 15.8. The summed E-state index contributed by atoms with van der Waals surface area (Å²) >= 11 is 0. The summed E-state index contributed by atoms with van der Waals surface area (Å²) in [5.41, 5.74) is 2.99. The minimum Gasteiger partial charge on any atom is -0.496 e. The third kappa shape index (κ3) is 5.07. The lowest BCUT2D eigenvalue weighted by molar-refractivity contribution is 0.0942. The van der Waals surface area contributed by atoms with Crippen LogP contribution in [0.1, 0.15) is 54.4 Å². The van der Waals surface area contributed by atoms with Crippen molar-refractivity contribution in [1.82, 2.24) is 4.98 Å². The Morgan fingerprint density at radius 1 is 0.935 bits per heavy atom. The second-order valence-electron chi connectivity index (χ2n) is 8.61. The zero-order valence-electron chi connectivity index (χ0n) is 18.5. The molecule has 0 atom stereocenters. The van der Waals surface area contributed by atoms with Gasteiger partial charge in [-0.2, -0.15) is 0 Å². The van der Waals surface area contributed by atoms with Gasteiger partial charge in [-0.25, -0.2) is 0 Å². The van der Waals surface area contributed by atoms with Gasteiger partial charge in [-0.15, -0.1) is 0 Å². The molecule has 1 aliphatic carbocycles. The molecule has 0 bridgehead atoms. The predicted octanol–water partition coefficient (Wildman–Crippen LogP) is 6.26. The Kier molecular flexibility index (Phi) is 6.86. The Bertz CT molecular complexity index is 1020. The SMILES string of the molecule is COc1cc2c(OC)ccnc2cc1CCC1CCC(CC(=O)c2ccccc2)CC1. The zero-order valence-corrected chi connectivity index (χ0v) is 18.5. The number of Topliss-reactive ketones (excluding diaryl/α,β-unsaturated/α-hetero) is 1. The fourth-order valence-corrected chi connectivity index (χ4v) is 4.84. The van der Waals surface area contributed by atoms with E-state index in [2.05, 4.69) is 11.1 Å². The molecule has 0 spiro atoms. The van der Waals surface area contributed by atoms with E-state index in [-0.39, 0.29) is 5.78 Å². The molecule has 0 saturated heterocycles. The maximum Gasteiger partial charge on any atom is 0.163 e. The van der Waals surface area contributed by atoms with Gasteiger partial charge in [0, 0.05) is 23.6 Å². The normalized spacial score (nSPS) is 18.6. The second-order valence-corrected chi connectivity index (χ2v) is 8.61. The van der Waals surface area contributed by atoms with Crippen LogP contribution in [0.3, 0.4) is 0 Å². The van der Waals surface area contributed by atoms with Crippen LogP contribution in [0.15, 0.2) is 54.7 Å². The number of fused-ring (bicyclic) bond motifs is 1. The average Bonchev–Trinajstić information content (AvgIpc) is 2.83. The van der Waals surface area contributed by atoms with Gasteiger partial charge in [0.1, 0.15) is 11.5 Å². The molecule has 4 nitrogen and oxygen atoms in total. The van der Waals surface area contributed by atoms with Gasteiger partial charge in [-0.05, 0) is 61.3 Å². The van der Waals surface area contributed by atoms with Crippen LogP contribution in [0.25, 0.3) is 10.9 Å². The van der Waals surface area contributed by atoms with Crippen molar-refractivity contribution in [2.45, 2.75) is 44.9 Å². The fourth-order valence-electron chi connectivity index (χ4n) is 4.84. The Balaban J connectivity index is 1.33. The largest absolute Gasteiger partial charge is 0.496 e. The first kappa shape index (κ1) is 21.4. The van der Waals surface area contributed by atoms with Crippen LogP contribution in [-0.4, -0.2) is 25.0 Å². The topological polar surface area (TPSA) is 48.4 Å². The summed E-state index contributed by atoms with van der Waals surface area (Å²) in [5, 5.41) is 0.981. The highest BCUT2D eigenvalue weighted by Gasteiger charge is 2.24. The van der Waals surface area contributed by atoms with E-state index in [0.29, 0.717) is 18.3 Å². The molecule has 4 heteroatoms. The van der Waals surface area contributed by atoms with Gasteiger partial charge in [0.15, 0.2) is 5.78 Å². The van der Waals surface area contributed by atoms with Crippen molar-refractivity contribution in [3.05, 3.63) is 65.9 Å². The first-order valence-electron chi connectivity index (χ1n) is 11.3. The molecule has 1 saturated carbocycles. The van der Waals surface area contributed by atoms with Crippen LogP contribution in [-0.2, 0) is 6.42 Å². The number of pyridine rings is 1. The summed E-state index contributed by atoms with van der Waals surface area (Å²) in [5.74, 6) is 3.24. The number of rotatable bonds is 8. The van der Waals surface area contributed by atoms with Crippen molar-refractivity contribution >= 4 is 16.7 Å². The first-order valence-corrected chi connectivity index (χ1v) is 11.3. The highest BCUT2D eigenvalue weighted by molar-refractivity contribution is 5.96. The van der Waals surface area contributed by atoms with Gasteiger partial charge in [-0.3, -0.25) is 9.78 Å². The van der Waals surface area contributed by atoms with E-state index in [1.165, 1.54) is 18.4 Å². The average molecular weight is 418 g/mol. The Morgan fingerprint density at radius 3 is 2.35 bits per heavy atom. The molecular formula is C27H31NO3. The molecule has 1 aromatic heterocycles. The molecule has 3 aromatic rings. The molecule has 0 radical (unpaired) electrons. The molecule has 162 valence electrons. The summed E-state index contributed by atoms with van der Waals surface area (Å²) < 4.78 is 11.1. The van der Waals surface area contributed by atoms with E-state index in [0.717, 1.165) is 53.6 Å². The van der Waals surface area contributed by atoms with E-state index in [9.17, 15) is 4.79 Å². The molecule has 1 aliphatic rings. The number of methoxy groups -OCH3 is 2. The monoisotopic (exact) mass is 417 g/mol. The highest BCUT2D eigenvalue weighted by Crippen LogP contribution is 2.36. The van der Waals surface area contributed by atoms with E-state index in [4.69, 9.17) is 9.47 Å². The van der Waals surface area contributed by atoms with Crippen molar-refractivity contribution in [3.8, 4) is 11.5 Å². The molecule has 0 amide bonds. The molecule has 0 N–H and O–H groups in total. The van der Waals surface area contributed by atoms with Crippen molar-refractivity contribution < 1.29 is 14.3 Å². The first-order chi connectivity index (χ1) is 15.2. The van der Waals surface area contributed by atoms with E-state index >= 15 is 0 Å². The molecular weight excluding hydrogens is 386 g/mol. The van der Waals surface area contributed by atoms with Crippen molar-refractivity contribution in [2.24, 2.45) is 11.8 Å². The zero-order chi connectivity index (χ0) is 21.6. The van der Waals surface area contributed by atoms with Crippen LogP contribution in [0.5, 0.6) is 11.5 Å². The molecule has 31 heavy (non-hydrogen) atoms. The van der Waals surface area contributed by atoms with Crippen molar-refractivity contribution in [1.29, 1.82) is 0 Å². The number of aromatic nitrogens is 1. The van der Waals surface area contributed by atoms with Gasteiger partial charge in [-0.1, -0.05) is 43.2 Å². The fraction of sp³-hybridized carbons (Fsp3) is 0.407. The standard InChI is InChI=1S/C27H31NO3/c1-30-26-14-15-28-24-17-22(27(31-2)18-23(24)26)13-12-19-8-10-20(11-9-19)16-25(29)21-6-4-3-5-7-21/h3-7,14-15,17-20H,8-13,16H2,1-2H3. The number of nitrogens with zero attached hydrogens (tertiary/aromatic N) is 1. The summed E-state index contributed by atoms with van der Waals surface area (Å²) in [6.45, 7) is 0. The lowest BCUT2D eigenvalue weighted by Crippen LogP contribution is -2.18. The highest BCUT2D eigenvalue weighted by atomic mass is 16.5. The lowest BCUT2D eigenvalue weighted by atomic mass is 9.77. The van der Waals surface area contributed by atoms with E-state index in [1.807, 2.05) is 42.5 Å². The van der Waals surface area contributed by atoms with Gasteiger partial charge in [0.05, 0.1) is 19.7 Å². The summed E-state index contributed by atoms with van der Waals surface area (Å²) in [4.78, 5) is 17.0. The lowest BCUT2D eigenvalue weighted by Gasteiger charge is -2.28. The van der Waals surface area contributed by atoms with Crippen LogP contribution in [0, 0.1) is 11.8 Å². The van der Waals surface area contributed by atoms with E-state index < -0.39 is 0 Å². The van der Waals surface area contributed by atoms with Gasteiger partial charge in [0.2, 0.25) is 0 Å². The molecule has 4 rings (SSSR count). The second kappa shape index (κ2) is 9.95. The van der Waals surface area contributed by atoms with Crippen LogP contribution >= 0.6 is 0 Å². The third-order valence-corrected chi connectivity index (χ3v) is 6.68. The number of carbonyl (C=O) groups excluding carboxylic acids is 1. The molecule has 0 aliphatic heterocycles. The third-order valence-electron chi connectivity index (χ3n) is 6.68. The maximum atomic E-state index is 12.5. The van der Waals surface area contributed by atoms with Crippen molar-refractivity contribution in [3.63, 3.8) is 0 Å². The predicted molar refractivity (Wildman–Crippen MR) is 124 cm³/mol. The summed E-state index contributed by atoms with van der Waals surface area (Å²) in [7, 11) is 3.40. The Hall–Kier alpha value is -2.88. The minimum atomic E-state index is 0.285. The minimum absolute atomic E-state index is 0.285.